The summed E-state index contributed by atoms with van der Waals surface area (Å²) in [5, 5.41) is 0. The van der Waals surface area contributed by atoms with E-state index >= 15 is 0 Å². The van der Waals surface area contributed by atoms with Gasteiger partial charge in [0, 0.05) is 32.7 Å². The molecule has 0 aromatic carbocycles. The van der Waals surface area contributed by atoms with E-state index in [9.17, 15) is 9.59 Å². The second kappa shape index (κ2) is 7.68. The third-order valence-corrected chi connectivity index (χ3v) is 5.52. The highest BCUT2D eigenvalue weighted by Crippen LogP contribution is 2.37. The van der Waals surface area contributed by atoms with Crippen LogP contribution >= 0.6 is 0 Å². The molecule has 5 nitrogen and oxygen atoms in total. The number of carbonyl (C=O) groups is 2. The monoisotopic (exact) mass is 335 g/mol. The fraction of sp³-hybridized carbons (Fsp3) is 0.789. The van der Waals surface area contributed by atoms with Crippen LogP contribution in [0, 0.1) is 5.92 Å². The maximum atomic E-state index is 13.0. The van der Waals surface area contributed by atoms with E-state index in [1.165, 1.54) is 10.5 Å². The highest BCUT2D eigenvalue weighted by atomic mass is 16.2. The van der Waals surface area contributed by atoms with Crippen LogP contribution in [0.1, 0.15) is 53.9 Å². The summed E-state index contributed by atoms with van der Waals surface area (Å²) in [6, 6.07) is -0.0822. The minimum atomic E-state index is -0.595. The number of likely N-dealkylation sites (N-methyl/N-ethyl adjacent to an activating group) is 1. The lowest BCUT2D eigenvalue weighted by atomic mass is 9.85. The van der Waals surface area contributed by atoms with E-state index in [1.54, 1.807) is 0 Å². The average Bonchev–Trinajstić information content (AvgIpc) is 2.74. The molecule has 2 aliphatic rings. The highest BCUT2D eigenvalue weighted by Gasteiger charge is 2.57. The summed E-state index contributed by atoms with van der Waals surface area (Å²) in [5.74, 6) is 0.555. The van der Waals surface area contributed by atoms with Gasteiger partial charge in [0.1, 0.15) is 5.54 Å². The van der Waals surface area contributed by atoms with E-state index in [4.69, 9.17) is 0 Å². The molecule has 0 radical (unpaired) electrons. The van der Waals surface area contributed by atoms with Crippen LogP contribution in [-0.4, -0.2) is 64.9 Å². The van der Waals surface area contributed by atoms with Crippen molar-refractivity contribution in [1.82, 2.24) is 14.7 Å². The molecule has 5 heteroatoms. The minimum absolute atomic E-state index is 0.0289. The minimum Gasteiger partial charge on any atom is -0.309 e. The van der Waals surface area contributed by atoms with Gasteiger partial charge in [0.05, 0.1) is 0 Å². The molecule has 0 aromatic heterocycles. The van der Waals surface area contributed by atoms with Gasteiger partial charge in [0.2, 0.25) is 0 Å². The first-order valence-electron chi connectivity index (χ1n) is 9.33. The number of hydrogen-bond acceptors (Lipinski definition) is 3. The molecule has 0 aromatic rings. The number of allylic oxidation sites excluding steroid dienone is 1. The Morgan fingerprint density at radius 3 is 2.38 bits per heavy atom. The molecular weight excluding hydrogens is 302 g/mol. The molecule has 0 aliphatic carbocycles. The number of carbonyl (C=O) groups excluding carboxylic acids is 2. The van der Waals surface area contributed by atoms with Gasteiger partial charge in [0.15, 0.2) is 0 Å². The zero-order chi connectivity index (χ0) is 17.9. The topological polar surface area (TPSA) is 43.9 Å². The molecule has 3 amide bonds. The highest BCUT2D eigenvalue weighted by molar-refractivity contribution is 6.07. The molecule has 2 saturated heterocycles. The molecule has 24 heavy (non-hydrogen) atoms. The van der Waals surface area contributed by atoms with Crippen LogP contribution in [0.2, 0.25) is 0 Å². The summed E-state index contributed by atoms with van der Waals surface area (Å²) >= 11 is 0. The molecule has 2 fully saturated rings. The summed E-state index contributed by atoms with van der Waals surface area (Å²) < 4.78 is 0. The Balaban J connectivity index is 2.15. The average molecular weight is 335 g/mol. The SMILES string of the molecule is CC=C(C)CN1CCC2(CC1)C(=O)N(CC)C(=O)N2CCC(C)C. The van der Waals surface area contributed by atoms with Crippen molar-refractivity contribution in [1.29, 1.82) is 0 Å². The third-order valence-electron chi connectivity index (χ3n) is 5.52. The number of likely N-dealkylation sites (tertiary alicyclic amines) is 1. The molecule has 0 N–H and O–H groups in total. The van der Waals surface area contributed by atoms with Gasteiger partial charge in [-0.1, -0.05) is 25.5 Å². The van der Waals surface area contributed by atoms with Crippen molar-refractivity contribution in [3.8, 4) is 0 Å². The molecular formula is C19H33N3O2. The smallest absolute Gasteiger partial charge is 0.309 e. The van der Waals surface area contributed by atoms with Gasteiger partial charge in [-0.3, -0.25) is 14.6 Å². The predicted molar refractivity (Wildman–Crippen MR) is 96.8 cm³/mol. The largest absolute Gasteiger partial charge is 0.327 e. The number of nitrogens with zero attached hydrogens (tertiary/aromatic N) is 3. The van der Waals surface area contributed by atoms with E-state index in [1.807, 2.05) is 11.8 Å². The molecule has 2 heterocycles. The Morgan fingerprint density at radius 2 is 1.88 bits per heavy atom. The lowest BCUT2D eigenvalue weighted by Crippen LogP contribution is -2.57. The first kappa shape index (κ1) is 19.0. The Labute approximate surface area is 146 Å². The van der Waals surface area contributed by atoms with Crippen LogP contribution in [0.25, 0.3) is 0 Å². The van der Waals surface area contributed by atoms with E-state index < -0.39 is 5.54 Å². The van der Waals surface area contributed by atoms with Crippen molar-refractivity contribution in [2.45, 2.75) is 59.4 Å². The maximum absolute atomic E-state index is 13.0. The number of rotatable bonds is 6. The van der Waals surface area contributed by atoms with Crippen LogP contribution in [0.4, 0.5) is 4.79 Å². The molecule has 2 aliphatic heterocycles. The lowest BCUT2D eigenvalue weighted by Gasteiger charge is -2.42. The van der Waals surface area contributed by atoms with Crippen LogP contribution in [0.3, 0.4) is 0 Å². The van der Waals surface area contributed by atoms with Gasteiger partial charge in [-0.2, -0.15) is 0 Å². The molecule has 0 unspecified atom stereocenters. The Bertz CT molecular complexity index is 505. The van der Waals surface area contributed by atoms with Crippen molar-refractivity contribution >= 4 is 11.9 Å². The quantitative estimate of drug-likeness (QED) is 0.553. The fourth-order valence-electron chi connectivity index (χ4n) is 3.77. The van der Waals surface area contributed by atoms with Crippen LogP contribution in [0.5, 0.6) is 0 Å². The van der Waals surface area contributed by atoms with Crippen molar-refractivity contribution in [3.63, 3.8) is 0 Å². The Morgan fingerprint density at radius 1 is 1.25 bits per heavy atom. The van der Waals surface area contributed by atoms with Crippen molar-refractivity contribution in [2.75, 3.05) is 32.7 Å². The Hall–Kier alpha value is -1.36. The lowest BCUT2D eigenvalue weighted by molar-refractivity contribution is -0.135. The van der Waals surface area contributed by atoms with Gasteiger partial charge in [0.25, 0.3) is 5.91 Å². The number of imide groups is 1. The van der Waals surface area contributed by atoms with E-state index in [0.717, 1.165) is 38.9 Å². The summed E-state index contributed by atoms with van der Waals surface area (Å²) in [4.78, 5) is 31.5. The van der Waals surface area contributed by atoms with Crippen molar-refractivity contribution < 1.29 is 9.59 Å². The van der Waals surface area contributed by atoms with E-state index in [2.05, 4.69) is 38.7 Å². The standard InChI is InChI=1S/C19H33N3O2/c1-6-16(5)14-20-12-9-19(10-13-20)17(23)21(7-2)18(24)22(19)11-8-15(3)4/h6,15H,7-14H2,1-5H3. The van der Waals surface area contributed by atoms with E-state index in [0.29, 0.717) is 19.0 Å². The van der Waals surface area contributed by atoms with Gasteiger partial charge in [-0.15, -0.1) is 0 Å². The van der Waals surface area contributed by atoms with Crippen molar-refractivity contribution in [3.05, 3.63) is 11.6 Å². The van der Waals surface area contributed by atoms with Gasteiger partial charge >= 0.3 is 6.03 Å². The molecule has 0 saturated carbocycles. The van der Waals surface area contributed by atoms with Crippen LogP contribution in [-0.2, 0) is 4.79 Å². The summed E-state index contributed by atoms with van der Waals surface area (Å²) in [7, 11) is 0. The second-order valence-electron chi connectivity index (χ2n) is 7.61. The number of amides is 3. The van der Waals surface area contributed by atoms with Gasteiger partial charge in [-0.05, 0) is 46.0 Å². The fourth-order valence-corrected chi connectivity index (χ4v) is 3.77. The van der Waals surface area contributed by atoms with Gasteiger partial charge in [-0.25, -0.2) is 4.79 Å². The predicted octanol–water partition coefficient (Wildman–Crippen LogP) is 3.12. The van der Waals surface area contributed by atoms with Gasteiger partial charge < -0.3 is 4.90 Å². The number of hydrogen-bond donors (Lipinski definition) is 0. The maximum Gasteiger partial charge on any atom is 0.327 e. The molecule has 1 spiro atoms. The molecule has 2 rings (SSSR count). The number of urea groups is 1. The van der Waals surface area contributed by atoms with E-state index in [-0.39, 0.29) is 11.9 Å². The summed E-state index contributed by atoms with van der Waals surface area (Å²) in [5.41, 5.74) is 0.758. The summed E-state index contributed by atoms with van der Waals surface area (Å²) in [6.45, 7) is 14.3. The second-order valence-corrected chi connectivity index (χ2v) is 7.61. The van der Waals surface area contributed by atoms with Crippen LogP contribution < -0.4 is 0 Å². The zero-order valence-electron chi connectivity index (χ0n) is 16.0. The van der Waals surface area contributed by atoms with Crippen molar-refractivity contribution in [2.24, 2.45) is 5.92 Å². The third kappa shape index (κ3) is 3.51. The zero-order valence-corrected chi connectivity index (χ0v) is 16.0. The first-order valence-corrected chi connectivity index (χ1v) is 9.33. The Kier molecular flexibility index (Phi) is 6.07. The molecule has 136 valence electrons. The molecule has 0 atom stereocenters. The summed E-state index contributed by atoms with van der Waals surface area (Å²) in [6.07, 6.45) is 4.59. The normalized spacial score (nSPS) is 22.3. The number of piperidine rings is 1. The first-order chi connectivity index (χ1) is 11.4. The molecule has 0 bridgehead atoms. The van der Waals surface area contributed by atoms with Crippen LogP contribution in [0.15, 0.2) is 11.6 Å².